The zero-order chi connectivity index (χ0) is 15.3. The van der Waals surface area contributed by atoms with E-state index in [0.717, 1.165) is 4.88 Å². The number of aliphatic hydroxyl groups excluding tert-OH is 1. The summed E-state index contributed by atoms with van der Waals surface area (Å²) in [6, 6.07) is 2.00. The van der Waals surface area contributed by atoms with Crippen LogP contribution in [0.5, 0.6) is 0 Å². The molecule has 0 fully saturated rings. The Morgan fingerprint density at radius 2 is 2.10 bits per heavy atom. The highest BCUT2D eigenvalue weighted by atomic mass is 32.1. The maximum absolute atomic E-state index is 11.7. The monoisotopic (exact) mass is 300 g/mol. The number of aliphatic hydroxyl groups is 1. The number of hydrogen-bond donors (Lipinski definition) is 4. The molecule has 2 unspecified atom stereocenters. The second-order valence-electron chi connectivity index (χ2n) is 5.24. The van der Waals surface area contributed by atoms with Crippen LogP contribution in [0.25, 0.3) is 0 Å². The molecule has 0 aliphatic heterocycles. The molecule has 1 rings (SSSR count). The number of carboxylic acids is 1. The first-order valence-corrected chi connectivity index (χ1v) is 7.11. The van der Waals surface area contributed by atoms with E-state index >= 15 is 0 Å². The molecule has 2 amide bonds. The van der Waals surface area contributed by atoms with E-state index in [2.05, 4.69) is 10.6 Å². The van der Waals surface area contributed by atoms with E-state index < -0.39 is 24.1 Å². The van der Waals surface area contributed by atoms with Crippen molar-refractivity contribution in [2.75, 3.05) is 6.54 Å². The van der Waals surface area contributed by atoms with E-state index in [4.69, 9.17) is 5.11 Å². The third kappa shape index (κ3) is 4.50. The Labute approximate surface area is 121 Å². The molecule has 0 saturated carbocycles. The second kappa shape index (κ2) is 6.71. The average molecular weight is 300 g/mol. The summed E-state index contributed by atoms with van der Waals surface area (Å²) in [5, 5.41) is 25.0. The molecule has 112 valence electrons. The smallest absolute Gasteiger partial charge is 0.328 e. The van der Waals surface area contributed by atoms with Gasteiger partial charge in [-0.05, 0) is 18.4 Å². The number of carboxylic acid groups (broad SMARTS) is 1. The van der Waals surface area contributed by atoms with Crippen molar-refractivity contribution in [2.45, 2.75) is 38.3 Å². The van der Waals surface area contributed by atoms with Gasteiger partial charge in [-0.2, -0.15) is 0 Å². The molecular formula is C13H20N2O4S. The molecule has 1 aromatic heterocycles. The van der Waals surface area contributed by atoms with Crippen molar-refractivity contribution in [2.24, 2.45) is 0 Å². The van der Waals surface area contributed by atoms with E-state index in [1.165, 1.54) is 6.92 Å². The van der Waals surface area contributed by atoms with E-state index in [9.17, 15) is 14.7 Å². The highest BCUT2D eigenvalue weighted by Gasteiger charge is 2.27. The summed E-state index contributed by atoms with van der Waals surface area (Å²) < 4.78 is 0. The van der Waals surface area contributed by atoms with Crippen molar-refractivity contribution in [3.63, 3.8) is 0 Å². The van der Waals surface area contributed by atoms with Gasteiger partial charge in [0.2, 0.25) is 0 Å². The van der Waals surface area contributed by atoms with Crippen molar-refractivity contribution >= 4 is 23.3 Å². The van der Waals surface area contributed by atoms with Crippen molar-refractivity contribution in [1.29, 1.82) is 0 Å². The molecule has 2 atom stereocenters. The number of carbonyl (C=O) groups is 2. The molecule has 1 heterocycles. The molecular weight excluding hydrogens is 280 g/mol. The molecule has 1 aromatic rings. The summed E-state index contributed by atoms with van der Waals surface area (Å²) in [6.07, 6.45) is -1.16. The molecule has 0 bridgehead atoms. The maximum Gasteiger partial charge on any atom is 0.328 e. The van der Waals surface area contributed by atoms with Gasteiger partial charge in [0.25, 0.3) is 0 Å². The van der Waals surface area contributed by atoms with Crippen molar-refractivity contribution in [1.82, 2.24) is 10.6 Å². The van der Waals surface area contributed by atoms with Crippen LogP contribution in [0.3, 0.4) is 0 Å². The Bertz CT molecular complexity index is 457. The van der Waals surface area contributed by atoms with E-state index in [1.54, 1.807) is 11.3 Å². The SMILES string of the molecule is CC(O)C(NC(=O)NCC(C)(C)c1cccs1)C(=O)O. The molecule has 4 N–H and O–H groups in total. The summed E-state index contributed by atoms with van der Waals surface area (Å²) in [5.74, 6) is -1.27. The van der Waals surface area contributed by atoms with Gasteiger partial charge in [0, 0.05) is 16.8 Å². The van der Waals surface area contributed by atoms with Crippen LogP contribution in [0, 0.1) is 0 Å². The van der Waals surface area contributed by atoms with Crippen molar-refractivity contribution in [3.8, 4) is 0 Å². The fourth-order valence-electron chi connectivity index (χ4n) is 1.63. The molecule has 0 aromatic carbocycles. The number of nitrogens with one attached hydrogen (secondary N) is 2. The fraction of sp³-hybridized carbons (Fsp3) is 0.538. The third-order valence-electron chi connectivity index (χ3n) is 2.91. The normalized spacial score (nSPS) is 14.4. The lowest BCUT2D eigenvalue weighted by Crippen LogP contribution is -2.52. The first-order valence-electron chi connectivity index (χ1n) is 6.23. The molecule has 0 aliphatic carbocycles. The lowest BCUT2D eigenvalue weighted by atomic mass is 9.91. The molecule has 0 radical (unpaired) electrons. The van der Waals surface area contributed by atoms with Gasteiger partial charge < -0.3 is 20.8 Å². The van der Waals surface area contributed by atoms with Crippen molar-refractivity contribution in [3.05, 3.63) is 22.4 Å². The molecule has 6 nitrogen and oxygen atoms in total. The predicted octanol–water partition coefficient (Wildman–Crippen LogP) is 1.16. The van der Waals surface area contributed by atoms with Crippen LogP contribution >= 0.6 is 11.3 Å². The van der Waals surface area contributed by atoms with Gasteiger partial charge in [-0.15, -0.1) is 11.3 Å². The first-order chi connectivity index (χ1) is 9.24. The summed E-state index contributed by atoms with van der Waals surface area (Å²) in [7, 11) is 0. The number of thiophene rings is 1. The van der Waals surface area contributed by atoms with Gasteiger partial charge in [-0.3, -0.25) is 0 Å². The van der Waals surface area contributed by atoms with E-state index in [0.29, 0.717) is 6.54 Å². The van der Waals surface area contributed by atoms with Crippen LogP contribution < -0.4 is 10.6 Å². The Morgan fingerprint density at radius 3 is 2.55 bits per heavy atom. The number of aliphatic carboxylic acids is 1. The van der Waals surface area contributed by atoms with Gasteiger partial charge >= 0.3 is 12.0 Å². The van der Waals surface area contributed by atoms with Crippen LogP contribution in [0.1, 0.15) is 25.6 Å². The summed E-state index contributed by atoms with van der Waals surface area (Å²) in [4.78, 5) is 23.7. The molecule has 0 spiro atoms. The number of urea groups is 1. The Hall–Kier alpha value is -1.60. The molecule has 20 heavy (non-hydrogen) atoms. The van der Waals surface area contributed by atoms with Gasteiger partial charge in [0.1, 0.15) is 0 Å². The minimum absolute atomic E-state index is 0.241. The highest BCUT2D eigenvalue weighted by Crippen LogP contribution is 2.26. The zero-order valence-corrected chi connectivity index (χ0v) is 12.5. The molecule has 7 heteroatoms. The van der Waals surface area contributed by atoms with Gasteiger partial charge in [0.05, 0.1) is 6.10 Å². The number of rotatable bonds is 6. The minimum Gasteiger partial charge on any atom is -0.480 e. The van der Waals surface area contributed by atoms with E-state index in [-0.39, 0.29) is 5.41 Å². The third-order valence-corrected chi connectivity index (χ3v) is 4.15. The lowest BCUT2D eigenvalue weighted by Gasteiger charge is -2.24. The summed E-state index contributed by atoms with van der Waals surface area (Å²) >= 11 is 1.60. The first kappa shape index (κ1) is 16.5. The minimum atomic E-state index is -1.32. The van der Waals surface area contributed by atoms with Gasteiger partial charge in [0.15, 0.2) is 6.04 Å². The van der Waals surface area contributed by atoms with Crippen LogP contribution in [0.15, 0.2) is 17.5 Å². The van der Waals surface area contributed by atoms with Crippen molar-refractivity contribution < 1.29 is 19.8 Å². The standard InChI is InChI=1S/C13H20N2O4S/c1-8(16)10(11(17)18)15-12(19)14-7-13(2,3)9-5-4-6-20-9/h4-6,8,10,16H,7H2,1-3H3,(H,17,18)(H2,14,15,19). The van der Waals surface area contributed by atoms with E-state index in [1.807, 2.05) is 31.4 Å². The quantitative estimate of drug-likeness (QED) is 0.633. The summed E-state index contributed by atoms with van der Waals surface area (Å²) in [6.45, 7) is 5.66. The maximum atomic E-state index is 11.7. The number of hydrogen-bond acceptors (Lipinski definition) is 4. The zero-order valence-electron chi connectivity index (χ0n) is 11.7. The lowest BCUT2D eigenvalue weighted by molar-refractivity contribution is -0.141. The Kier molecular flexibility index (Phi) is 5.52. The van der Waals surface area contributed by atoms with Crippen LogP contribution in [0.2, 0.25) is 0 Å². The fourth-order valence-corrected chi connectivity index (χ4v) is 2.49. The molecule has 0 aliphatic rings. The van der Waals surface area contributed by atoms with Gasteiger partial charge in [-0.1, -0.05) is 19.9 Å². The second-order valence-corrected chi connectivity index (χ2v) is 6.19. The predicted molar refractivity (Wildman–Crippen MR) is 77.0 cm³/mol. The number of carbonyl (C=O) groups excluding carboxylic acids is 1. The Balaban J connectivity index is 2.53. The van der Waals surface area contributed by atoms with Crippen LogP contribution in [-0.2, 0) is 10.2 Å². The van der Waals surface area contributed by atoms with Crippen LogP contribution in [0.4, 0.5) is 4.79 Å². The topological polar surface area (TPSA) is 98.7 Å². The number of amides is 2. The Morgan fingerprint density at radius 1 is 1.45 bits per heavy atom. The highest BCUT2D eigenvalue weighted by molar-refractivity contribution is 7.10. The average Bonchev–Trinajstić information content (AvgIpc) is 2.87. The summed E-state index contributed by atoms with van der Waals surface area (Å²) in [5.41, 5.74) is -0.241. The van der Waals surface area contributed by atoms with Crippen LogP contribution in [-0.4, -0.2) is 40.9 Å². The van der Waals surface area contributed by atoms with Gasteiger partial charge in [-0.25, -0.2) is 9.59 Å². The largest absolute Gasteiger partial charge is 0.480 e. The molecule has 0 saturated heterocycles.